The monoisotopic (exact) mass is 437 g/mol. The van der Waals surface area contributed by atoms with Gasteiger partial charge in [0.25, 0.3) is 0 Å². The summed E-state index contributed by atoms with van der Waals surface area (Å²) in [6.45, 7) is 0. The molecule has 0 fully saturated rings. The van der Waals surface area contributed by atoms with Crippen LogP contribution in [0.4, 0.5) is 5.69 Å². The number of hydrogen-bond acceptors (Lipinski definition) is 5. The molecule has 0 amide bonds. The Balaban J connectivity index is 0.000000491. The zero-order valence-electron chi connectivity index (χ0n) is 16.8. The third-order valence-corrected chi connectivity index (χ3v) is 4.59. The van der Waals surface area contributed by atoms with Gasteiger partial charge in [-0.1, -0.05) is 48.5 Å². The first-order chi connectivity index (χ1) is 14.8. The van der Waals surface area contributed by atoms with Crippen molar-refractivity contribution in [2.45, 2.75) is 0 Å². The number of nitrogens with one attached hydrogen (secondary N) is 1. The lowest BCUT2D eigenvalue weighted by atomic mass is 10.1. The highest BCUT2D eigenvalue weighted by Crippen LogP contribution is 2.18. The predicted molar refractivity (Wildman–Crippen MR) is 113 cm³/mol. The Kier molecular flexibility index (Phi) is 7.36. The van der Waals surface area contributed by atoms with E-state index in [2.05, 4.69) is 108 Å². The number of benzene rings is 3. The summed E-state index contributed by atoms with van der Waals surface area (Å²) in [5.74, 6) is 0. The summed E-state index contributed by atoms with van der Waals surface area (Å²) < 4.78 is 34.9. The summed E-state index contributed by atoms with van der Waals surface area (Å²) in [6, 6.07) is 27.5. The number of pyridine rings is 1. The Bertz CT molecular complexity index is 1230. The first kappa shape index (κ1) is 22.4. The van der Waals surface area contributed by atoms with Crippen LogP contribution in [0.25, 0.3) is 27.8 Å². The quantitative estimate of drug-likeness (QED) is 0.370. The molecule has 1 heterocycles. The SMILES string of the molecule is C[n+]1c(/C=C/C=C/Nc2ccc3ccccc3c2)ccc2ccccc21.[O-][Cl+3]([O-])([O-])O. The Morgan fingerprint density at radius 2 is 1.42 bits per heavy atom. The Labute approximate surface area is 182 Å². The maximum Gasteiger partial charge on any atom is 0.212 e. The number of rotatable bonds is 4. The molecule has 6 nitrogen and oxygen atoms in total. The standard InChI is InChI=1S/C24H20N2.ClHO4/c1-26-23(16-14-20-9-4-5-12-24(20)26)11-6-7-17-25-22-15-13-19-8-2-3-10-21(19)18-22;2-1(3,4)5/h2-18H,1H3;(H,2,3,4,5)/p+1. The summed E-state index contributed by atoms with van der Waals surface area (Å²) in [4.78, 5) is 0. The Morgan fingerprint density at radius 1 is 0.806 bits per heavy atom. The van der Waals surface area contributed by atoms with Gasteiger partial charge in [-0.2, -0.15) is 18.5 Å². The van der Waals surface area contributed by atoms with Gasteiger partial charge >= 0.3 is 0 Å². The number of halogens is 1. The number of fused-ring (bicyclic) bond motifs is 2. The highest BCUT2D eigenvalue weighted by molar-refractivity contribution is 5.85. The minimum atomic E-state index is -4.69. The third-order valence-electron chi connectivity index (χ3n) is 4.59. The molecule has 0 saturated heterocycles. The highest BCUT2D eigenvalue weighted by Gasteiger charge is 2.07. The number of para-hydroxylation sites is 1. The van der Waals surface area contributed by atoms with Crippen molar-refractivity contribution in [1.29, 1.82) is 0 Å². The van der Waals surface area contributed by atoms with Crippen LogP contribution in [0.2, 0.25) is 0 Å². The van der Waals surface area contributed by atoms with Crippen LogP contribution in [0.5, 0.6) is 0 Å². The van der Waals surface area contributed by atoms with Gasteiger partial charge < -0.3 is 5.32 Å². The van der Waals surface area contributed by atoms with E-state index in [1.807, 2.05) is 12.3 Å². The molecule has 0 saturated carbocycles. The lowest BCUT2D eigenvalue weighted by Crippen LogP contribution is -2.58. The molecule has 0 bridgehead atoms. The Morgan fingerprint density at radius 3 is 2.16 bits per heavy atom. The molecule has 0 aliphatic carbocycles. The molecule has 7 heteroatoms. The van der Waals surface area contributed by atoms with Crippen molar-refractivity contribution in [1.82, 2.24) is 0 Å². The van der Waals surface area contributed by atoms with Crippen LogP contribution in [-0.4, -0.2) is 4.66 Å². The van der Waals surface area contributed by atoms with E-state index >= 15 is 0 Å². The van der Waals surface area contributed by atoms with Crippen LogP contribution in [-0.2, 0) is 7.05 Å². The molecule has 158 valence electrons. The van der Waals surface area contributed by atoms with Gasteiger partial charge in [0.15, 0.2) is 0 Å². The molecule has 1 aromatic heterocycles. The van der Waals surface area contributed by atoms with E-state index in [0.29, 0.717) is 0 Å². The molecular weight excluding hydrogens is 416 g/mol. The van der Waals surface area contributed by atoms with Gasteiger partial charge in [0.1, 0.15) is 7.05 Å². The molecule has 4 aromatic rings. The van der Waals surface area contributed by atoms with Gasteiger partial charge in [0, 0.05) is 35.5 Å². The maximum absolute atomic E-state index is 8.60. The van der Waals surface area contributed by atoms with Crippen molar-refractivity contribution >= 4 is 33.4 Å². The number of hydrogen-bond donors (Lipinski definition) is 2. The van der Waals surface area contributed by atoms with Crippen LogP contribution in [0, 0.1) is 10.2 Å². The van der Waals surface area contributed by atoms with E-state index < -0.39 is 10.2 Å². The van der Waals surface area contributed by atoms with Crippen molar-refractivity contribution in [2.75, 3.05) is 5.32 Å². The van der Waals surface area contributed by atoms with E-state index in [4.69, 9.17) is 18.6 Å². The molecule has 0 radical (unpaired) electrons. The van der Waals surface area contributed by atoms with Crippen LogP contribution < -0.4 is 23.9 Å². The van der Waals surface area contributed by atoms with Crippen LogP contribution in [0.15, 0.2) is 97.2 Å². The molecule has 2 N–H and O–H groups in total. The van der Waals surface area contributed by atoms with Gasteiger partial charge in [-0.05, 0) is 41.1 Å². The van der Waals surface area contributed by atoms with Gasteiger partial charge in [0.05, 0.1) is 14.9 Å². The van der Waals surface area contributed by atoms with Crippen LogP contribution in [0.3, 0.4) is 0 Å². The second-order valence-electron chi connectivity index (χ2n) is 6.70. The summed E-state index contributed by atoms with van der Waals surface area (Å²) in [5, 5.41) is 7.08. The number of allylic oxidation sites excluding steroid dienone is 2. The zero-order valence-corrected chi connectivity index (χ0v) is 17.6. The first-order valence-electron chi connectivity index (χ1n) is 9.41. The highest BCUT2D eigenvalue weighted by atomic mass is 35.7. The molecule has 0 aliphatic rings. The summed E-state index contributed by atoms with van der Waals surface area (Å²) in [6.07, 6.45) is 8.15. The molecule has 0 spiro atoms. The van der Waals surface area contributed by atoms with Crippen molar-refractivity contribution in [2.24, 2.45) is 7.05 Å². The van der Waals surface area contributed by atoms with E-state index in [-0.39, 0.29) is 0 Å². The molecular formula is C24H22ClN2O4+. The van der Waals surface area contributed by atoms with Gasteiger partial charge in [-0.25, -0.2) is 0 Å². The summed E-state index contributed by atoms with van der Waals surface area (Å²) >= 11 is 0. The fourth-order valence-electron chi connectivity index (χ4n) is 3.16. The smallest absolute Gasteiger partial charge is 0.212 e. The second-order valence-corrected chi connectivity index (χ2v) is 7.49. The minimum absolute atomic E-state index is 1.09. The largest absolute Gasteiger partial charge is 0.362 e. The lowest BCUT2D eigenvalue weighted by Gasteiger charge is -2.03. The average Bonchev–Trinajstić information content (AvgIpc) is 2.74. The Hall–Kier alpha value is -3.26. The van der Waals surface area contributed by atoms with E-state index in [1.54, 1.807) is 0 Å². The fourth-order valence-corrected chi connectivity index (χ4v) is 3.16. The van der Waals surface area contributed by atoms with E-state index in [9.17, 15) is 0 Å². The van der Waals surface area contributed by atoms with Crippen LogP contribution >= 0.6 is 0 Å². The minimum Gasteiger partial charge on any atom is -0.362 e. The molecule has 0 unspecified atom stereocenters. The molecule has 0 atom stereocenters. The first-order valence-corrected chi connectivity index (χ1v) is 10.7. The van der Waals surface area contributed by atoms with Gasteiger partial charge in [0.2, 0.25) is 11.2 Å². The van der Waals surface area contributed by atoms with Crippen molar-refractivity contribution < 1.29 is 33.4 Å². The van der Waals surface area contributed by atoms with Crippen LogP contribution in [0.1, 0.15) is 5.69 Å². The van der Waals surface area contributed by atoms with Crippen molar-refractivity contribution in [3.8, 4) is 0 Å². The molecule has 0 aliphatic heterocycles. The normalized spacial score (nSPS) is 11.8. The second kappa shape index (κ2) is 10.2. The third kappa shape index (κ3) is 6.89. The molecule has 3 aromatic carbocycles. The molecule has 31 heavy (non-hydrogen) atoms. The zero-order chi connectivity index (χ0) is 22.3. The summed E-state index contributed by atoms with van der Waals surface area (Å²) in [5.41, 5.74) is 3.48. The maximum atomic E-state index is 8.60. The molecule has 4 rings (SSSR count). The predicted octanol–water partition coefficient (Wildman–Crippen LogP) is 1.33. The number of aromatic nitrogens is 1. The number of nitrogens with zero attached hydrogens (tertiary/aromatic N) is 1. The van der Waals surface area contributed by atoms with Gasteiger partial charge in [-0.3, -0.25) is 0 Å². The van der Waals surface area contributed by atoms with E-state index in [0.717, 1.165) is 5.69 Å². The lowest BCUT2D eigenvalue weighted by molar-refractivity contribution is -1.92. The number of anilines is 1. The average molecular weight is 438 g/mol. The topological polar surface area (TPSA) is 105 Å². The summed E-state index contributed by atoms with van der Waals surface area (Å²) in [7, 11) is -2.60. The fraction of sp³-hybridized carbons (Fsp3) is 0.0417. The number of aryl methyl sites for hydroxylation is 1. The van der Waals surface area contributed by atoms with Crippen molar-refractivity contribution in [3.05, 3.63) is 103 Å². The van der Waals surface area contributed by atoms with Crippen molar-refractivity contribution in [3.63, 3.8) is 0 Å². The van der Waals surface area contributed by atoms with E-state index in [1.165, 1.54) is 27.4 Å². The van der Waals surface area contributed by atoms with Gasteiger partial charge in [-0.15, -0.1) is 0 Å².